The second kappa shape index (κ2) is 10.3. The summed E-state index contributed by atoms with van der Waals surface area (Å²) in [6, 6.07) is 13.5. The highest BCUT2D eigenvalue weighted by atomic mass is 79.9. The summed E-state index contributed by atoms with van der Waals surface area (Å²) in [5.74, 6) is 0.678. The molecule has 4 rings (SSSR count). The zero-order valence-corrected chi connectivity index (χ0v) is 21.9. The number of ether oxygens (including phenoxy) is 1. The van der Waals surface area contributed by atoms with Crippen molar-refractivity contribution in [3.8, 4) is 5.75 Å². The molecule has 0 unspecified atom stereocenters. The number of benzene rings is 2. The number of nitrogens with one attached hydrogen (secondary N) is 1. The van der Waals surface area contributed by atoms with Crippen molar-refractivity contribution in [2.75, 3.05) is 5.32 Å². The molecule has 32 heavy (non-hydrogen) atoms. The topological polar surface area (TPSA) is 50.7 Å². The monoisotopic (exact) mass is 574 g/mol. The number of halogens is 2. The van der Waals surface area contributed by atoms with Crippen LogP contribution in [0.4, 0.5) is 10.7 Å². The molecule has 0 aliphatic heterocycles. The fourth-order valence-corrected chi connectivity index (χ4v) is 6.37. The molecule has 0 radical (unpaired) electrons. The summed E-state index contributed by atoms with van der Waals surface area (Å²) in [6.45, 7) is 3.99. The number of rotatable bonds is 6. The fourth-order valence-electron chi connectivity index (χ4n) is 3.73. The van der Waals surface area contributed by atoms with E-state index < -0.39 is 0 Å². The van der Waals surface area contributed by atoms with Crippen molar-refractivity contribution in [2.24, 2.45) is 4.99 Å². The van der Waals surface area contributed by atoms with Crippen LogP contribution >= 0.6 is 43.2 Å². The Morgan fingerprint density at radius 2 is 1.81 bits per heavy atom. The predicted octanol–water partition coefficient (Wildman–Crippen LogP) is 7.94. The molecule has 1 aliphatic rings. The Balaban J connectivity index is 1.66. The summed E-state index contributed by atoms with van der Waals surface area (Å²) in [6.07, 6.45) is 6.09. The van der Waals surface area contributed by atoms with Crippen molar-refractivity contribution in [3.63, 3.8) is 0 Å². The maximum atomic E-state index is 13.2. The van der Waals surface area contributed by atoms with Gasteiger partial charge >= 0.3 is 0 Å². The zero-order chi connectivity index (χ0) is 22.7. The molecule has 0 atom stereocenters. The minimum absolute atomic E-state index is 0.0743. The number of thiophene rings is 1. The normalized spacial score (nSPS) is 13.4. The maximum absolute atomic E-state index is 13.2. The molecule has 1 heterocycles. The number of aliphatic imine (C=N–C) groups is 1. The molecule has 3 aromatic rings. The van der Waals surface area contributed by atoms with Gasteiger partial charge in [0.2, 0.25) is 0 Å². The molecule has 0 saturated heterocycles. The van der Waals surface area contributed by atoms with Crippen LogP contribution in [0.3, 0.4) is 0 Å². The van der Waals surface area contributed by atoms with Crippen molar-refractivity contribution in [1.29, 1.82) is 0 Å². The highest BCUT2D eigenvalue weighted by Crippen LogP contribution is 2.41. The van der Waals surface area contributed by atoms with Crippen LogP contribution in [0.15, 0.2) is 56.4 Å². The SMILES string of the molecule is CC(C)Oc1c(Br)cc(C=Nc2sc3c(c2C(=O)Nc2ccccc2)CCCC3)cc1Br. The fraction of sp³-hybridized carbons (Fsp3) is 0.280. The predicted molar refractivity (Wildman–Crippen MR) is 140 cm³/mol. The smallest absolute Gasteiger partial charge is 0.259 e. The highest BCUT2D eigenvalue weighted by molar-refractivity contribution is 9.11. The lowest BCUT2D eigenvalue weighted by Crippen LogP contribution is -2.14. The lowest BCUT2D eigenvalue weighted by molar-refractivity contribution is 0.102. The van der Waals surface area contributed by atoms with E-state index in [0.29, 0.717) is 5.56 Å². The number of para-hydroxylation sites is 1. The third kappa shape index (κ3) is 5.33. The number of nitrogens with zero attached hydrogens (tertiary/aromatic N) is 1. The van der Waals surface area contributed by atoms with Gasteiger partial charge in [-0.25, -0.2) is 4.99 Å². The molecule has 166 valence electrons. The second-order valence-corrected chi connectivity index (χ2v) is 10.7. The largest absolute Gasteiger partial charge is 0.489 e. The Hall–Kier alpha value is -1.96. The Labute approximate surface area is 209 Å². The molecule has 7 heteroatoms. The van der Waals surface area contributed by atoms with Crippen molar-refractivity contribution >= 4 is 66.0 Å². The number of hydrogen-bond donors (Lipinski definition) is 1. The minimum atomic E-state index is -0.0919. The molecule has 1 amide bonds. The van der Waals surface area contributed by atoms with Crippen molar-refractivity contribution in [1.82, 2.24) is 0 Å². The third-order valence-corrected chi connectivity index (χ3v) is 7.49. The van der Waals surface area contributed by atoms with Gasteiger partial charge in [-0.2, -0.15) is 0 Å². The van der Waals surface area contributed by atoms with E-state index in [1.54, 1.807) is 11.3 Å². The number of carbonyl (C=O) groups is 1. The van der Waals surface area contributed by atoms with Crippen LogP contribution in [0.5, 0.6) is 5.75 Å². The van der Waals surface area contributed by atoms with Gasteiger partial charge in [0.05, 0.1) is 20.6 Å². The zero-order valence-electron chi connectivity index (χ0n) is 18.0. The van der Waals surface area contributed by atoms with Gasteiger partial charge < -0.3 is 10.1 Å². The van der Waals surface area contributed by atoms with Crippen LogP contribution in [0.2, 0.25) is 0 Å². The Kier molecular flexibility index (Phi) is 7.48. The van der Waals surface area contributed by atoms with Gasteiger partial charge in [-0.1, -0.05) is 18.2 Å². The number of anilines is 1. The summed E-state index contributed by atoms with van der Waals surface area (Å²) < 4.78 is 7.58. The number of amides is 1. The average Bonchev–Trinajstić information content (AvgIpc) is 3.14. The lowest BCUT2D eigenvalue weighted by atomic mass is 9.95. The van der Waals surface area contributed by atoms with Crippen LogP contribution in [0.25, 0.3) is 0 Å². The van der Waals surface area contributed by atoms with Gasteiger partial charge in [0.1, 0.15) is 10.8 Å². The first-order valence-corrected chi connectivity index (χ1v) is 13.0. The van der Waals surface area contributed by atoms with Crippen LogP contribution in [0.1, 0.15) is 53.1 Å². The highest BCUT2D eigenvalue weighted by Gasteiger charge is 2.25. The van der Waals surface area contributed by atoms with E-state index >= 15 is 0 Å². The van der Waals surface area contributed by atoms with Gasteiger partial charge in [-0.15, -0.1) is 11.3 Å². The molecule has 2 aromatic carbocycles. The summed E-state index contributed by atoms with van der Waals surface area (Å²) in [4.78, 5) is 19.3. The van der Waals surface area contributed by atoms with E-state index in [-0.39, 0.29) is 12.0 Å². The Morgan fingerprint density at radius 3 is 2.50 bits per heavy atom. The number of fused-ring (bicyclic) bond motifs is 1. The number of hydrogen-bond acceptors (Lipinski definition) is 4. The van der Waals surface area contributed by atoms with Gasteiger partial charge in [0, 0.05) is 16.8 Å². The first-order chi connectivity index (χ1) is 15.4. The van der Waals surface area contributed by atoms with E-state index in [9.17, 15) is 4.79 Å². The molecule has 0 saturated carbocycles. The van der Waals surface area contributed by atoms with Crippen molar-refractivity contribution in [3.05, 3.63) is 73.0 Å². The molecule has 0 fully saturated rings. The minimum Gasteiger partial charge on any atom is -0.489 e. The Morgan fingerprint density at radius 1 is 1.12 bits per heavy atom. The summed E-state index contributed by atoms with van der Waals surface area (Å²) >= 11 is 8.82. The van der Waals surface area contributed by atoms with Gasteiger partial charge in [0.15, 0.2) is 0 Å². The second-order valence-electron chi connectivity index (χ2n) is 7.95. The van der Waals surface area contributed by atoms with E-state index in [0.717, 1.165) is 62.2 Å². The van der Waals surface area contributed by atoms with E-state index in [1.165, 1.54) is 4.88 Å². The van der Waals surface area contributed by atoms with E-state index in [4.69, 9.17) is 9.73 Å². The first-order valence-electron chi connectivity index (χ1n) is 10.6. The third-order valence-electron chi connectivity index (χ3n) is 5.12. The summed E-state index contributed by atoms with van der Waals surface area (Å²) in [7, 11) is 0. The van der Waals surface area contributed by atoms with Crippen molar-refractivity contribution in [2.45, 2.75) is 45.6 Å². The molecular weight excluding hydrogens is 552 g/mol. The Bertz CT molecular complexity index is 1130. The standard InChI is InChI=1S/C25H24Br2N2O2S/c1-15(2)31-23-19(26)12-16(13-20(23)27)14-28-25-22(18-10-6-7-11-21(18)32-25)24(30)29-17-8-4-3-5-9-17/h3-5,8-9,12-15H,6-7,10-11H2,1-2H3,(H,29,30). The van der Waals surface area contributed by atoms with E-state index in [1.807, 2.05) is 62.5 Å². The molecule has 1 N–H and O–H groups in total. The summed E-state index contributed by atoms with van der Waals surface area (Å²) in [5, 5.41) is 3.80. The molecule has 4 nitrogen and oxygen atoms in total. The van der Waals surface area contributed by atoms with Crippen molar-refractivity contribution < 1.29 is 9.53 Å². The lowest BCUT2D eigenvalue weighted by Gasteiger charge is -2.14. The van der Waals surface area contributed by atoms with Gasteiger partial charge in [-0.05, 0) is 107 Å². The van der Waals surface area contributed by atoms with Crippen LogP contribution in [0, 0.1) is 0 Å². The van der Waals surface area contributed by atoms with Crippen LogP contribution in [-0.2, 0) is 12.8 Å². The molecule has 0 spiro atoms. The maximum Gasteiger partial charge on any atom is 0.259 e. The molecule has 1 aromatic heterocycles. The summed E-state index contributed by atoms with van der Waals surface area (Å²) in [5.41, 5.74) is 3.57. The quantitative estimate of drug-likeness (QED) is 0.303. The van der Waals surface area contributed by atoms with Crippen LogP contribution < -0.4 is 10.1 Å². The molecule has 1 aliphatic carbocycles. The van der Waals surface area contributed by atoms with Crippen LogP contribution in [-0.4, -0.2) is 18.2 Å². The first kappa shape index (κ1) is 23.2. The van der Waals surface area contributed by atoms with E-state index in [2.05, 4.69) is 37.2 Å². The van der Waals surface area contributed by atoms with Gasteiger partial charge in [-0.3, -0.25) is 4.79 Å². The number of aryl methyl sites for hydroxylation is 1. The molecule has 0 bridgehead atoms. The number of carbonyl (C=O) groups excluding carboxylic acids is 1. The average molecular weight is 576 g/mol. The van der Waals surface area contributed by atoms with Gasteiger partial charge in [0.25, 0.3) is 5.91 Å². The molecular formula is C25H24Br2N2O2S.